The molecule has 16 heavy (non-hydrogen) atoms. The van der Waals surface area contributed by atoms with Crippen molar-refractivity contribution in [3.05, 3.63) is 47.8 Å². The Morgan fingerprint density at radius 3 is 2.75 bits per heavy atom. The van der Waals surface area contributed by atoms with Gasteiger partial charge in [-0.3, -0.25) is 0 Å². The van der Waals surface area contributed by atoms with Crippen LogP contribution in [-0.2, 0) is 6.54 Å². The minimum absolute atomic E-state index is 0.216. The molecule has 0 unspecified atom stereocenters. The predicted octanol–water partition coefficient (Wildman–Crippen LogP) is 1.24. The standard InChI is InChI=1S/C11H9N5/c1-2-9-3-5-10(6-4-9)8-16-11(7-12)13-14-15-16/h2-6H,1,8H2. The topological polar surface area (TPSA) is 67.4 Å². The van der Waals surface area contributed by atoms with Crippen molar-refractivity contribution in [2.24, 2.45) is 0 Å². The Kier molecular flexibility index (Phi) is 2.74. The van der Waals surface area contributed by atoms with E-state index >= 15 is 0 Å². The van der Waals surface area contributed by atoms with Crippen molar-refractivity contribution >= 4 is 6.08 Å². The molecule has 5 heteroatoms. The van der Waals surface area contributed by atoms with E-state index in [1.807, 2.05) is 30.3 Å². The molecule has 0 atom stereocenters. The van der Waals surface area contributed by atoms with E-state index < -0.39 is 0 Å². The van der Waals surface area contributed by atoms with Gasteiger partial charge >= 0.3 is 0 Å². The average molecular weight is 211 g/mol. The van der Waals surface area contributed by atoms with Crippen LogP contribution in [-0.4, -0.2) is 20.2 Å². The average Bonchev–Trinajstić information content (AvgIpc) is 2.77. The zero-order chi connectivity index (χ0) is 11.4. The van der Waals surface area contributed by atoms with Crippen LogP contribution in [0.3, 0.4) is 0 Å². The Hall–Kier alpha value is -2.48. The second-order valence-corrected chi connectivity index (χ2v) is 3.22. The van der Waals surface area contributed by atoms with Crippen molar-refractivity contribution in [2.45, 2.75) is 6.54 Å². The smallest absolute Gasteiger partial charge is 0.213 e. The molecule has 0 saturated heterocycles. The maximum Gasteiger partial charge on any atom is 0.253 e. The number of benzene rings is 1. The summed E-state index contributed by atoms with van der Waals surface area (Å²) < 4.78 is 1.46. The van der Waals surface area contributed by atoms with Gasteiger partial charge in [0, 0.05) is 0 Å². The zero-order valence-corrected chi connectivity index (χ0v) is 8.54. The summed E-state index contributed by atoms with van der Waals surface area (Å²) in [5.74, 6) is 0.216. The van der Waals surface area contributed by atoms with Crippen molar-refractivity contribution < 1.29 is 0 Å². The summed E-state index contributed by atoms with van der Waals surface area (Å²) in [7, 11) is 0. The van der Waals surface area contributed by atoms with Gasteiger partial charge in [-0.25, -0.2) is 4.68 Å². The molecular formula is C11H9N5. The van der Waals surface area contributed by atoms with Gasteiger partial charge in [-0.15, -0.1) is 0 Å². The monoisotopic (exact) mass is 211 g/mol. The first-order valence-corrected chi connectivity index (χ1v) is 4.71. The largest absolute Gasteiger partial charge is 0.253 e. The molecule has 0 bridgehead atoms. The Morgan fingerprint density at radius 2 is 2.12 bits per heavy atom. The quantitative estimate of drug-likeness (QED) is 0.765. The van der Waals surface area contributed by atoms with E-state index in [-0.39, 0.29) is 5.82 Å². The van der Waals surface area contributed by atoms with Gasteiger partial charge in [0.1, 0.15) is 6.07 Å². The van der Waals surface area contributed by atoms with Crippen molar-refractivity contribution in [3.63, 3.8) is 0 Å². The number of nitrogens with zero attached hydrogens (tertiary/aromatic N) is 5. The number of aromatic nitrogens is 4. The molecule has 2 aromatic rings. The fourth-order valence-corrected chi connectivity index (χ4v) is 1.32. The number of tetrazole rings is 1. The second-order valence-electron chi connectivity index (χ2n) is 3.22. The Balaban J connectivity index is 2.21. The lowest BCUT2D eigenvalue weighted by atomic mass is 10.1. The summed E-state index contributed by atoms with van der Waals surface area (Å²) in [4.78, 5) is 0. The fourth-order valence-electron chi connectivity index (χ4n) is 1.32. The van der Waals surface area contributed by atoms with Crippen molar-refractivity contribution in [3.8, 4) is 6.07 Å². The highest BCUT2D eigenvalue weighted by atomic mass is 15.5. The molecule has 0 aliphatic carbocycles. The van der Waals surface area contributed by atoms with Crippen LogP contribution in [0.4, 0.5) is 0 Å². The van der Waals surface area contributed by atoms with E-state index in [4.69, 9.17) is 5.26 Å². The van der Waals surface area contributed by atoms with E-state index in [1.165, 1.54) is 4.68 Å². The van der Waals surface area contributed by atoms with Crippen LogP contribution in [0, 0.1) is 11.3 Å². The lowest BCUT2D eigenvalue weighted by Gasteiger charge is -2.01. The number of hydrogen-bond donors (Lipinski definition) is 0. The third-order valence-corrected chi connectivity index (χ3v) is 2.18. The Morgan fingerprint density at radius 1 is 1.38 bits per heavy atom. The molecule has 0 radical (unpaired) electrons. The van der Waals surface area contributed by atoms with E-state index in [1.54, 1.807) is 6.08 Å². The van der Waals surface area contributed by atoms with Crippen LogP contribution in [0.1, 0.15) is 17.0 Å². The maximum absolute atomic E-state index is 8.74. The van der Waals surface area contributed by atoms with Crippen LogP contribution in [0.2, 0.25) is 0 Å². The molecule has 1 aromatic carbocycles. The van der Waals surface area contributed by atoms with Gasteiger partial charge in [0.2, 0.25) is 0 Å². The molecule has 0 saturated carbocycles. The SMILES string of the molecule is C=Cc1ccc(Cn2nnnc2C#N)cc1. The summed E-state index contributed by atoms with van der Waals surface area (Å²) >= 11 is 0. The van der Waals surface area contributed by atoms with Crippen LogP contribution < -0.4 is 0 Å². The summed E-state index contributed by atoms with van der Waals surface area (Å²) in [5, 5.41) is 19.5. The van der Waals surface area contributed by atoms with Crippen molar-refractivity contribution in [2.75, 3.05) is 0 Å². The molecule has 0 aliphatic rings. The van der Waals surface area contributed by atoms with E-state index in [0.717, 1.165) is 11.1 Å². The highest BCUT2D eigenvalue weighted by Crippen LogP contribution is 2.07. The molecule has 0 spiro atoms. The third kappa shape index (κ3) is 1.96. The maximum atomic E-state index is 8.74. The van der Waals surface area contributed by atoms with Crippen molar-refractivity contribution in [1.29, 1.82) is 5.26 Å². The van der Waals surface area contributed by atoms with Gasteiger partial charge in [-0.1, -0.05) is 42.0 Å². The molecule has 0 N–H and O–H groups in total. The Labute approximate surface area is 92.6 Å². The van der Waals surface area contributed by atoms with E-state index in [9.17, 15) is 0 Å². The van der Waals surface area contributed by atoms with Crippen LogP contribution in [0.5, 0.6) is 0 Å². The normalized spacial score (nSPS) is 9.69. The summed E-state index contributed by atoms with van der Waals surface area (Å²) in [6, 6.07) is 9.76. The summed E-state index contributed by atoms with van der Waals surface area (Å²) in [5.41, 5.74) is 2.09. The minimum atomic E-state index is 0.216. The van der Waals surface area contributed by atoms with Gasteiger partial charge in [0.05, 0.1) is 6.54 Å². The summed E-state index contributed by atoms with van der Waals surface area (Å²) in [6.07, 6.45) is 1.78. The van der Waals surface area contributed by atoms with Gasteiger partial charge in [0.25, 0.3) is 5.82 Å². The molecule has 0 amide bonds. The minimum Gasteiger partial charge on any atom is -0.213 e. The van der Waals surface area contributed by atoms with Gasteiger partial charge in [-0.2, -0.15) is 5.26 Å². The van der Waals surface area contributed by atoms with E-state index in [2.05, 4.69) is 22.1 Å². The second kappa shape index (κ2) is 4.36. The Bertz CT molecular complexity index is 532. The third-order valence-electron chi connectivity index (χ3n) is 2.18. The molecule has 1 aromatic heterocycles. The molecule has 0 aliphatic heterocycles. The summed E-state index contributed by atoms with van der Waals surface area (Å²) in [6.45, 7) is 4.18. The predicted molar refractivity (Wildman–Crippen MR) is 58.2 cm³/mol. The van der Waals surface area contributed by atoms with Crippen molar-refractivity contribution in [1.82, 2.24) is 20.2 Å². The molecule has 78 valence electrons. The molecule has 5 nitrogen and oxygen atoms in total. The molecule has 1 heterocycles. The number of rotatable bonds is 3. The van der Waals surface area contributed by atoms with Gasteiger partial charge < -0.3 is 0 Å². The fraction of sp³-hybridized carbons (Fsp3) is 0.0909. The molecule has 0 fully saturated rings. The number of nitriles is 1. The lowest BCUT2D eigenvalue weighted by Crippen LogP contribution is -2.04. The highest BCUT2D eigenvalue weighted by Gasteiger charge is 2.04. The number of hydrogen-bond acceptors (Lipinski definition) is 4. The zero-order valence-electron chi connectivity index (χ0n) is 8.54. The molecular weight excluding hydrogens is 202 g/mol. The van der Waals surface area contributed by atoms with Crippen LogP contribution >= 0.6 is 0 Å². The van der Waals surface area contributed by atoms with Gasteiger partial charge in [0.15, 0.2) is 0 Å². The highest BCUT2D eigenvalue weighted by molar-refractivity contribution is 5.47. The first-order chi connectivity index (χ1) is 7.83. The first kappa shape index (κ1) is 10.1. The van der Waals surface area contributed by atoms with Gasteiger partial charge in [-0.05, 0) is 21.6 Å². The lowest BCUT2D eigenvalue weighted by molar-refractivity contribution is 0.642. The van der Waals surface area contributed by atoms with Crippen LogP contribution in [0.25, 0.3) is 6.08 Å². The first-order valence-electron chi connectivity index (χ1n) is 4.71. The van der Waals surface area contributed by atoms with E-state index in [0.29, 0.717) is 6.54 Å². The molecule has 2 rings (SSSR count). The van der Waals surface area contributed by atoms with Crippen LogP contribution in [0.15, 0.2) is 30.8 Å².